The van der Waals surface area contributed by atoms with Crippen LogP contribution in [0.2, 0.25) is 0 Å². The molecule has 0 aromatic heterocycles. The number of nitrogens with one attached hydrogen (secondary N) is 2. The number of ether oxygens (including phenoxy) is 1. The van der Waals surface area contributed by atoms with Crippen molar-refractivity contribution in [3.63, 3.8) is 0 Å². The third-order valence-electron chi connectivity index (χ3n) is 3.74. The molecule has 1 heterocycles. The van der Waals surface area contributed by atoms with Crippen molar-refractivity contribution >= 4 is 17.5 Å². The van der Waals surface area contributed by atoms with Crippen molar-refractivity contribution in [2.24, 2.45) is 5.92 Å². The van der Waals surface area contributed by atoms with Crippen LogP contribution in [0.5, 0.6) is 0 Å². The summed E-state index contributed by atoms with van der Waals surface area (Å²) in [6, 6.07) is 6.37. The summed E-state index contributed by atoms with van der Waals surface area (Å²) in [5.74, 6) is -1.84. The Balaban J connectivity index is 1.85. The number of anilines is 1. The number of halogens is 3. The lowest BCUT2D eigenvalue weighted by molar-refractivity contribution is -0.173. The van der Waals surface area contributed by atoms with Crippen LogP contribution in [-0.4, -0.2) is 31.2 Å². The van der Waals surface area contributed by atoms with Gasteiger partial charge in [0.25, 0.3) is 0 Å². The van der Waals surface area contributed by atoms with Gasteiger partial charge in [-0.2, -0.15) is 13.2 Å². The summed E-state index contributed by atoms with van der Waals surface area (Å²) in [6.45, 7) is 1.06. The lowest BCUT2D eigenvalue weighted by Crippen LogP contribution is -2.36. The van der Waals surface area contributed by atoms with Crippen LogP contribution in [0.1, 0.15) is 24.8 Å². The molecule has 2 amide bonds. The molecule has 0 atom stereocenters. The molecule has 24 heavy (non-hydrogen) atoms. The Morgan fingerprint density at radius 3 is 2.58 bits per heavy atom. The fraction of sp³-hybridized carbons (Fsp3) is 0.500. The highest BCUT2D eigenvalue weighted by atomic mass is 19.4. The molecule has 132 valence electrons. The summed E-state index contributed by atoms with van der Waals surface area (Å²) in [4.78, 5) is 22.8. The lowest BCUT2D eigenvalue weighted by Gasteiger charge is -2.21. The molecule has 1 aromatic carbocycles. The van der Waals surface area contributed by atoms with E-state index in [2.05, 4.69) is 5.32 Å². The molecule has 0 bridgehead atoms. The van der Waals surface area contributed by atoms with Crippen molar-refractivity contribution in [2.45, 2.75) is 32.0 Å². The molecule has 1 aliphatic heterocycles. The summed E-state index contributed by atoms with van der Waals surface area (Å²) in [6.07, 6.45) is -2.83. The Hall–Kier alpha value is -2.09. The largest absolute Gasteiger partial charge is 0.471 e. The Morgan fingerprint density at radius 1 is 1.21 bits per heavy atom. The van der Waals surface area contributed by atoms with Crippen LogP contribution in [0, 0.1) is 5.92 Å². The highest BCUT2D eigenvalue weighted by molar-refractivity contribution is 5.91. The Labute approximate surface area is 137 Å². The Morgan fingerprint density at radius 2 is 1.92 bits per heavy atom. The molecule has 0 aliphatic carbocycles. The molecule has 2 rings (SSSR count). The highest BCUT2D eigenvalue weighted by Gasteiger charge is 2.38. The number of alkyl halides is 3. The van der Waals surface area contributed by atoms with Gasteiger partial charge in [0, 0.05) is 31.9 Å². The minimum atomic E-state index is -4.91. The first-order chi connectivity index (χ1) is 11.3. The van der Waals surface area contributed by atoms with Crippen molar-refractivity contribution in [1.29, 1.82) is 0 Å². The van der Waals surface area contributed by atoms with Gasteiger partial charge in [0.2, 0.25) is 5.91 Å². The molecule has 0 spiro atoms. The second kappa shape index (κ2) is 8.14. The van der Waals surface area contributed by atoms with Crippen molar-refractivity contribution in [2.75, 3.05) is 18.5 Å². The summed E-state index contributed by atoms with van der Waals surface area (Å²) in [5, 5.41) is 4.53. The fourth-order valence-corrected chi connectivity index (χ4v) is 2.47. The van der Waals surface area contributed by atoms with Gasteiger partial charge in [0.15, 0.2) is 0 Å². The molecule has 0 radical (unpaired) electrons. The number of carbonyl (C=O) groups is 2. The van der Waals surface area contributed by atoms with E-state index in [1.807, 2.05) is 0 Å². The van der Waals surface area contributed by atoms with E-state index in [4.69, 9.17) is 4.74 Å². The van der Waals surface area contributed by atoms with Crippen LogP contribution >= 0.6 is 0 Å². The van der Waals surface area contributed by atoms with Crippen LogP contribution in [0.4, 0.5) is 18.9 Å². The Bertz CT molecular complexity index is 584. The summed E-state index contributed by atoms with van der Waals surface area (Å²) < 4.78 is 41.7. The maximum absolute atomic E-state index is 12.1. The van der Waals surface area contributed by atoms with E-state index >= 15 is 0 Å². The summed E-state index contributed by atoms with van der Waals surface area (Å²) >= 11 is 0. The van der Waals surface area contributed by atoms with Crippen LogP contribution < -0.4 is 10.6 Å². The molecule has 1 fully saturated rings. The SMILES string of the molecule is O=C(CC1CCOCC1)Nc1cccc(CNC(=O)C(F)(F)F)c1. The predicted octanol–water partition coefficient (Wildman–Crippen LogP) is 2.62. The van der Waals surface area contributed by atoms with E-state index in [0.29, 0.717) is 30.9 Å². The minimum Gasteiger partial charge on any atom is -0.381 e. The van der Waals surface area contributed by atoms with E-state index < -0.39 is 12.1 Å². The first kappa shape index (κ1) is 18.3. The van der Waals surface area contributed by atoms with Crippen molar-refractivity contribution in [3.8, 4) is 0 Å². The zero-order valence-corrected chi connectivity index (χ0v) is 13.0. The smallest absolute Gasteiger partial charge is 0.381 e. The van der Waals surface area contributed by atoms with Crippen LogP contribution in [0.25, 0.3) is 0 Å². The van der Waals surface area contributed by atoms with Crippen molar-refractivity contribution in [1.82, 2.24) is 5.32 Å². The summed E-state index contributed by atoms with van der Waals surface area (Å²) in [7, 11) is 0. The van der Waals surface area contributed by atoms with Crippen molar-refractivity contribution in [3.05, 3.63) is 29.8 Å². The van der Waals surface area contributed by atoms with Gasteiger partial charge >= 0.3 is 12.1 Å². The zero-order chi connectivity index (χ0) is 17.6. The highest BCUT2D eigenvalue weighted by Crippen LogP contribution is 2.20. The second-order valence-electron chi connectivity index (χ2n) is 5.69. The molecule has 1 saturated heterocycles. The van der Waals surface area contributed by atoms with E-state index in [1.165, 1.54) is 0 Å². The fourth-order valence-electron chi connectivity index (χ4n) is 2.47. The van der Waals surface area contributed by atoms with Crippen LogP contribution in [0.3, 0.4) is 0 Å². The Kier molecular flexibility index (Phi) is 6.19. The minimum absolute atomic E-state index is 0.140. The third-order valence-corrected chi connectivity index (χ3v) is 3.74. The third kappa shape index (κ3) is 5.84. The molecule has 5 nitrogen and oxygen atoms in total. The lowest BCUT2D eigenvalue weighted by atomic mass is 9.96. The summed E-state index contributed by atoms with van der Waals surface area (Å²) in [5.41, 5.74) is 0.960. The molecule has 2 N–H and O–H groups in total. The molecular weight excluding hydrogens is 325 g/mol. The normalized spacial score (nSPS) is 15.8. The predicted molar refractivity (Wildman–Crippen MR) is 81.1 cm³/mol. The molecule has 1 aromatic rings. The number of carbonyl (C=O) groups excluding carboxylic acids is 2. The van der Waals surface area contributed by atoms with E-state index in [1.54, 1.807) is 29.6 Å². The number of hydrogen-bond acceptors (Lipinski definition) is 3. The van der Waals surface area contributed by atoms with E-state index in [-0.39, 0.29) is 18.4 Å². The molecule has 8 heteroatoms. The monoisotopic (exact) mass is 344 g/mol. The molecule has 0 saturated carbocycles. The van der Waals surface area contributed by atoms with Gasteiger partial charge in [-0.05, 0) is 36.5 Å². The first-order valence-electron chi connectivity index (χ1n) is 7.66. The second-order valence-corrected chi connectivity index (χ2v) is 5.69. The average Bonchev–Trinajstić information content (AvgIpc) is 2.53. The molecule has 1 aliphatic rings. The maximum Gasteiger partial charge on any atom is 0.471 e. The maximum atomic E-state index is 12.1. The average molecular weight is 344 g/mol. The van der Waals surface area contributed by atoms with Gasteiger partial charge in [0.1, 0.15) is 0 Å². The van der Waals surface area contributed by atoms with E-state index in [0.717, 1.165) is 12.8 Å². The van der Waals surface area contributed by atoms with Gasteiger partial charge in [-0.25, -0.2) is 0 Å². The standard InChI is InChI=1S/C16H19F3N2O3/c17-16(18,19)15(23)20-10-12-2-1-3-13(8-12)21-14(22)9-11-4-6-24-7-5-11/h1-3,8,11H,4-7,9-10H2,(H,20,23)(H,21,22). The van der Waals surface area contributed by atoms with Crippen LogP contribution in [0.15, 0.2) is 24.3 Å². The molecular formula is C16H19F3N2O3. The number of hydrogen-bond donors (Lipinski definition) is 2. The topological polar surface area (TPSA) is 67.4 Å². The zero-order valence-electron chi connectivity index (χ0n) is 13.0. The van der Waals surface area contributed by atoms with E-state index in [9.17, 15) is 22.8 Å². The quantitative estimate of drug-likeness (QED) is 0.863. The first-order valence-corrected chi connectivity index (χ1v) is 7.66. The van der Waals surface area contributed by atoms with Gasteiger partial charge in [-0.1, -0.05) is 12.1 Å². The number of benzene rings is 1. The van der Waals surface area contributed by atoms with Crippen LogP contribution in [-0.2, 0) is 20.9 Å². The van der Waals surface area contributed by atoms with Gasteiger partial charge in [-0.15, -0.1) is 0 Å². The number of amides is 2. The van der Waals surface area contributed by atoms with Crippen molar-refractivity contribution < 1.29 is 27.5 Å². The van der Waals surface area contributed by atoms with Gasteiger partial charge in [0.05, 0.1) is 0 Å². The number of rotatable bonds is 5. The van der Waals surface area contributed by atoms with Gasteiger partial charge in [-0.3, -0.25) is 9.59 Å². The molecule has 0 unspecified atom stereocenters. The van der Waals surface area contributed by atoms with Gasteiger partial charge < -0.3 is 15.4 Å².